The predicted molar refractivity (Wildman–Crippen MR) is 133 cm³/mol. The van der Waals surface area contributed by atoms with Gasteiger partial charge in [0, 0.05) is 14.9 Å². The van der Waals surface area contributed by atoms with E-state index in [4.69, 9.17) is 16.3 Å². The molecule has 0 atom stereocenters. The van der Waals surface area contributed by atoms with Crippen LogP contribution in [0.3, 0.4) is 0 Å². The SMILES string of the molecule is Cc1ccc(OCC(=O)N=Nc2c(O)n(Cc3ccccc3Cl)c3ccc(Br)cc23)cc1C. The summed E-state index contributed by atoms with van der Waals surface area (Å²) in [4.78, 5) is 12.3. The molecule has 1 N–H and O–H groups in total. The van der Waals surface area contributed by atoms with E-state index >= 15 is 0 Å². The van der Waals surface area contributed by atoms with Crippen LogP contribution in [0.5, 0.6) is 11.6 Å². The van der Waals surface area contributed by atoms with Crippen LogP contribution in [0.25, 0.3) is 10.9 Å². The number of aromatic hydroxyl groups is 1. The van der Waals surface area contributed by atoms with Gasteiger partial charge in [-0.15, -0.1) is 10.2 Å². The Morgan fingerprint density at radius 3 is 2.64 bits per heavy atom. The summed E-state index contributed by atoms with van der Waals surface area (Å²) in [5.41, 5.74) is 4.00. The molecule has 0 fully saturated rings. The molecule has 4 rings (SSSR count). The molecule has 1 amide bonds. The van der Waals surface area contributed by atoms with Gasteiger partial charge < -0.3 is 14.4 Å². The third-order valence-corrected chi connectivity index (χ3v) is 6.22. The van der Waals surface area contributed by atoms with Crippen molar-refractivity contribution in [3.05, 3.63) is 86.8 Å². The zero-order valence-corrected chi connectivity index (χ0v) is 20.4. The van der Waals surface area contributed by atoms with Gasteiger partial charge in [0.05, 0.1) is 12.1 Å². The van der Waals surface area contributed by atoms with Crippen molar-refractivity contribution in [3.63, 3.8) is 0 Å². The molecule has 1 aromatic heterocycles. The molecule has 33 heavy (non-hydrogen) atoms. The lowest BCUT2D eigenvalue weighted by molar-refractivity contribution is -0.120. The number of ether oxygens (including phenoxy) is 1. The Morgan fingerprint density at radius 2 is 1.88 bits per heavy atom. The van der Waals surface area contributed by atoms with Gasteiger partial charge in [0.25, 0.3) is 0 Å². The number of carbonyl (C=O) groups excluding carboxylic acids is 1. The van der Waals surface area contributed by atoms with Crippen molar-refractivity contribution < 1.29 is 14.6 Å². The van der Waals surface area contributed by atoms with E-state index in [2.05, 4.69) is 26.2 Å². The minimum absolute atomic E-state index is 0.102. The Labute approximate surface area is 204 Å². The Kier molecular flexibility index (Phi) is 6.81. The highest BCUT2D eigenvalue weighted by Gasteiger charge is 2.18. The number of fused-ring (bicyclic) bond motifs is 1. The zero-order valence-electron chi connectivity index (χ0n) is 18.0. The van der Waals surface area contributed by atoms with Crippen molar-refractivity contribution in [2.24, 2.45) is 10.2 Å². The van der Waals surface area contributed by atoms with Crippen LogP contribution in [0.1, 0.15) is 16.7 Å². The van der Waals surface area contributed by atoms with Crippen LogP contribution in [0.2, 0.25) is 5.02 Å². The fourth-order valence-electron chi connectivity index (χ4n) is 3.43. The summed E-state index contributed by atoms with van der Waals surface area (Å²) in [5.74, 6) is -0.0750. The molecule has 1 heterocycles. The predicted octanol–water partition coefficient (Wildman–Crippen LogP) is 7.12. The Hall–Kier alpha value is -3.16. The first-order valence-corrected chi connectivity index (χ1v) is 11.4. The van der Waals surface area contributed by atoms with Gasteiger partial charge in [-0.25, -0.2) is 0 Å². The van der Waals surface area contributed by atoms with Crippen molar-refractivity contribution in [2.45, 2.75) is 20.4 Å². The van der Waals surface area contributed by atoms with Crippen molar-refractivity contribution in [1.82, 2.24) is 4.57 Å². The second kappa shape index (κ2) is 9.77. The second-order valence-corrected chi connectivity index (χ2v) is 8.96. The van der Waals surface area contributed by atoms with E-state index in [0.717, 1.165) is 26.7 Å². The standard InChI is InChI=1S/C25H21BrClN3O3/c1-15-7-9-19(11-16(15)2)33-14-23(31)28-29-24-20-12-18(26)8-10-22(20)30(25(24)32)13-17-5-3-4-6-21(17)27/h3-12,32H,13-14H2,1-2H3. The number of nitrogens with zero attached hydrogens (tertiary/aromatic N) is 3. The van der Waals surface area contributed by atoms with E-state index in [-0.39, 0.29) is 18.2 Å². The lowest BCUT2D eigenvalue weighted by Gasteiger charge is -2.08. The maximum atomic E-state index is 12.3. The number of hydrogen-bond donors (Lipinski definition) is 1. The highest BCUT2D eigenvalue weighted by atomic mass is 79.9. The van der Waals surface area contributed by atoms with Crippen LogP contribution in [-0.2, 0) is 11.3 Å². The summed E-state index contributed by atoms with van der Waals surface area (Å²) in [6.07, 6.45) is 0. The first-order valence-electron chi connectivity index (χ1n) is 10.2. The van der Waals surface area contributed by atoms with E-state index in [1.807, 2.05) is 62.4 Å². The van der Waals surface area contributed by atoms with Crippen molar-refractivity contribution in [3.8, 4) is 11.6 Å². The molecular weight excluding hydrogens is 506 g/mol. The third kappa shape index (κ3) is 5.10. The van der Waals surface area contributed by atoms with Crippen LogP contribution in [0.4, 0.5) is 5.69 Å². The summed E-state index contributed by atoms with van der Waals surface area (Å²) >= 11 is 9.76. The average Bonchev–Trinajstić information content (AvgIpc) is 3.04. The van der Waals surface area contributed by atoms with Crippen LogP contribution in [0.15, 0.2) is 75.4 Å². The lowest BCUT2D eigenvalue weighted by atomic mass is 10.1. The molecule has 0 saturated heterocycles. The number of aryl methyl sites for hydroxylation is 2. The Morgan fingerprint density at radius 1 is 1.09 bits per heavy atom. The quantitative estimate of drug-likeness (QED) is 0.272. The minimum atomic E-state index is -0.561. The molecule has 6 nitrogen and oxygen atoms in total. The average molecular weight is 527 g/mol. The van der Waals surface area contributed by atoms with Gasteiger partial charge in [-0.2, -0.15) is 0 Å². The molecule has 0 aliphatic rings. The highest BCUT2D eigenvalue weighted by Crippen LogP contribution is 2.40. The summed E-state index contributed by atoms with van der Waals surface area (Å²) in [5, 5.41) is 20.0. The fraction of sp³-hybridized carbons (Fsp3) is 0.160. The molecule has 0 unspecified atom stereocenters. The molecule has 0 aliphatic carbocycles. The molecule has 0 aliphatic heterocycles. The molecule has 0 spiro atoms. The fourth-order valence-corrected chi connectivity index (χ4v) is 3.99. The zero-order chi connectivity index (χ0) is 23.5. The minimum Gasteiger partial charge on any atom is -0.493 e. The topological polar surface area (TPSA) is 76.2 Å². The number of halogens is 2. The number of amides is 1. The van der Waals surface area contributed by atoms with Crippen LogP contribution < -0.4 is 4.74 Å². The summed E-state index contributed by atoms with van der Waals surface area (Å²) < 4.78 is 8.03. The largest absolute Gasteiger partial charge is 0.493 e. The lowest BCUT2D eigenvalue weighted by Crippen LogP contribution is -2.08. The summed E-state index contributed by atoms with van der Waals surface area (Å²) in [6, 6.07) is 18.6. The van der Waals surface area contributed by atoms with Crippen molar-refractivity contribution in [2.75, 3.05) is 6.61 Å². The smallest absolute Gasteiger partial charge is 0.302 e. The highest BCUT2D eigenvalue weighted by molar-refractivity contribution is 9.10. The molecule has 3 aromatic carbocycles. The first-order chi connectivity index (χ1) is 15.8. The summed E-state index contributed by atoms with van der Waals surface area (Å²) in [6.45, 7) is 4.06. The Bertz CT molecular complexity index is 1380. The molecule has 0 saturated carbocycles. The summed E-state index contributed by atoms with van der Waals surface area (Å²) in [7, 11) is 0. The van der Waals surface area contributed by atoms with E-state index in [9.17, 15) is 9.90 Å². The molecule has 168 valence electrons. The van der Waals surface area contributed by atoms with Crippen molar-refractivity contribution in [1.29, 1.82) is 0 Å². The maximum absolute atomic E-state index is 12.3. The maximum Gasteiger partial charge on any atom is 0.302 e. The normalized spacial score (nSPS) is 11.4. The molecule has 0 radical (unpaired) electrons. The van der Waals surface area contributed by atoms with Gasteiger partial charge >= 0.3 is 5.91 Å². The number of aromatic nitrogens is 1. The second-order valence-electron chi connectivity index (χ2n) is 7.64. The molecular formula is C25H21BrClN3O3. The van der Waals surface area contributed by atoms with E-state index in [0.29, 0.717) is 22.7 Å². The first kappa shape index (κ1) is 23.0. The van der Waals surface area contributed by atoms with Crippen LogP contribution in [0, 0.1) is 13.8 Å². The van der Waals surface area contributed by atoms with Crippen LogP contribution >= 0.6 is 27.5 Å². The number of rotatable bonds is 6. The van der Waals surface area contributed by atoms with Gasteiger partial charge in [0.2, 0.25) is 5.88 Å². The van der Waals surface area contributed by atoms with Crippen molar-refractivity contribution >= 4 is 50.0 Å². The van der Waals surface area contributed by atoms with Gasteiger partial charge in [-0.3, -0.25) is 4.79 Å². The van der Waals surface area contributed by atoms with Gasteiger partial charge in [0.1, 0.15) is 5.75 Å². The van der Waals surface area contributed by atoms with E-state index in [1.54, 1.807) is 16.7 Å². The number of carbonyl (C=O) groups is 1. The van der Waals surface area contributed by atoms with E-state index < -0.39 is 5.91 Å². The molecule has 0 bridgehead atoms. The van der Waals surface area contributed by atoms with Gasteiger partial charge in [-0.05, 0) is 66.9 Å². The van der Waals surface area contributed by atoms with Crippen LogP contribution in [-0.4, -0.2) is 22.2 Å². The molecule has 4 aromatic rings. The Balaban J connectivity index is 1.60. The number of hydrogen-bond acceptors (Lipinski definition) is 4. The van der Waals surface area contributed by atoms with Gasteiger partial charge in [0.15, 0.2) is 12.3 Å². The monoisotopic (exact) mass is 525 g/mol. The van der Waals surface area contributed by atoms with Gasteiger partial charge in [-0.1, -0.05) is 51.8 Å². The number of benzene rings is 3. The third-order valence-electron chi connectivity index (χ3n) is 5.36. The molecule has 8 heteroatoms. The van der Waals surface area contributed by atoms with E-state index in [1.165, 1.54) is 0 Å². The number of azo groups is 1.